The van der Waals surface area contributed by atoms with Gasteiger partial charge in [-0.1, -0.05) is 18.2 Å². The molecule has 0 saturated carbocycles. The van der Waals surface area contributed by atoms with Gasteiger partial charge >= 0.3 is 0 Å². The van der Waals surface area contributed by atoms with Crippen LogP contribution in [0.5, 0.6) is 5.75 Å². The molecule has 1 amide bonds. The van der Waals surface area contributed by atoms with E-state index in [0.29, 0.717) is 6.42 Å². The van der Waals surface area contributed by atoms with Crippen molar-refractivity contribution in [3.8, 4) is 5.75 Å². The molecule has 4 aromatic rings. The third kappa shape index (κ3) is 2.50. The predicted molar refractivity (Wildman–Crippen MR) is 95.5 cm³/mol. The molecule has 5 heteroatoms. The monoisotopic (exact) mass is 319 g/mol. The number of carbonyl (C=O) groups excluding carboxylic acids is 1. The molecule has 0 atom stereocenters. The summed E-state index contributed by atoms with van der Waals surface area (Å²) in [5.41, 5.74) is 3.74. The molecule has 120 valence electrons. The number of fused-ring (bicyclic) bond motifs is 2. The van der Waals surface area contributed by atoms with Crippen LogP contribution in [0.4, 0.5) is 5.69 Å². The maximum atomic E-state index is 12.4. The first-order valence-corrected chi connectivity index (χ1v) is 7.74. The van der Waals surface area contributed by atoms with Crippen molar-refractivity contribution in [3.05, 3.63) is 60.4 Å². The van der Waals surface area contributed by atoms with Crippen molar-refractivity contribution in [1.29, 1.82) is 0 Å². The fourth-order valence-corrected chi connectivity index (χ4v) is 2.98. The molecule has 0 radical (unpaired) electrons. The molecular weight excluding hydrogens is 302 g/mol. The molecule has 0 aliphatic heterocycles. The number of H-pyrrole nitrogens is 2. The molecule has 0 spiro atoms. The molecule has 0 fully saturated rings. The molecule has 4 rings (SSSR count). The normalized spacial score (nSPS) is 11.0. The number of nitrogens with one attached hydrogen (secondary N) is 3. The first-order chi connectivity index (χ1) is 11.7. The lowest BCUT2D eigenvalue weighted by molar-refractivity contribution is -0.115. The Morgan fingerprint density at radius 3 is 2.71 bits per heavy atom. The number of anilines is 1. The number of aromatic nitrogens is 2. The fraction of sp³-hybridized carbons (Fsp3) is 0.105. The SMILES string of the molecule is COc1ccc2[nH]cc(NC(=O)Cc3c[nH]c4ccccc34)c2c1. The van der Waals surface area contributed by atoms with E-state index in [2.05, 4.69) is 15.3 Å². The molecule has 0 unspecified atom stereocenters. The lowest BCUT2D eigenvalue weighted by Crippen LogP contribution is -2.13. The van der Waals surface area contributed by atoms with Crippen LogP contribution in [-0.2, 0) is 11.2 Å². The van der Waals surface area contributed by atoms with Gasteiger partial charge in [0, 0.05) is 34.2 Å². The van der Waals surface area contributed by atoms with Gasteiger partial charge in [-0.2, -0.15) is 0 Å². The van der Waals surface area contributed by atoms with Crippen molar-refractivity contribution in [3.63, 3.8) is 0 Å². The first-order valence-electron chi connectivity index (χ1n) is 7.74. The minimum Gasteiger partial charge on any atom is -0.497 e. The van der Waals surface area contributed by atoms with Crippen LogP contribution >= 0.6 is 0 Å². The van der Waals surface area contributed by atoms with E-state index in [4.69, 9.17) is 4.74 Å². The summed E-state index contributed by atoms with van der Waals surface area (Å²) in [6, 6.07) is 13.7. The number of methoxy groups -OCH3 is 1. The number of carbonyl (C=O) groups is 1. The molecule has 2 aromatic carbocycles. The Bertz CT molecular complexity index is 1030. The van der Waals surface area contributed by atoms with E-state index >= 15 is 0 Å². The lowest BCUT2D eigenvalue weighted by atomic mass is 10.1. The second-order valence-corrected chi connectivity index (χ2v) is 5.70. The minimum atomic E-state index is -0.0523. The number of benzene rings is 2. The lowest BCUT2D eigenvalue weighted by Gasteiger charge is -2.05. The Balaban J connectivity index is 1.58. The topological polar surface area (TPSA) is 69.9 Å². The van der Waals surface area contributed by atoms with Crippen LogP contribution in [0.15, 0.2) is 54.9 Å². The van der Waals surface area contributed by atoms with Crippen molar-refractivity contribution in [1.82, 2.24) is 9.97 Å². The summed E-state index contributed by atoms with van der Waals surface area (Å²) in [5, 5.41) is 4.99. The summed E-state index contributed by atoms with van der Waals surface area (Å²) in [7, 11) is 1.63. The largest absolute Gasteiger partial charge is 0.497 e. The van der Waals surface area contributed by atoms with E-state index in [1.54, 1.807) is 13.3 Å². The van der Waals surface area contributed by atoms with Gasteiger partial charge in [-0.15, -0.1) is 0 Å². The average Bonchev–Trinajstić information content (AvgIpc) is 3.19. The highest BCUT2D eigenvalue weighted by atomic mass is 16.5. The Kier molecular flexibility index (Phi) is 3.46. The van der Waals surface area contributed by atoms with E-state index in [0.717, 1.165) is 38.8 Å². The Labute approximate surface area is 138 Å². The molecule has 0 saturated heterocycles. The molecule has 3 N–H and O–H groups in total. The van der Waals surface area contributed by atoms with Crippen LogP contribution in [0, 0.1) is 0 Å². The van der Waals surface area contributed by atoms with E-state index in [-0.39, 0.29) is 5.91 Å². The quantitative estimate of drug-likeness (QED) is 0.535. The summed E-state index contributed by atoms with van der Waals surface area (Å²) in [6.07, 6.45) is 4.01. The highest BCUT2D eigenvalue weighted by Crippen LogP contribution is 2.27. The van der Waals surface area contributed by atoms with Crippen LogP contribution in [0.25, 0.3) is 21.8 Å². The zero-order valence-electron chi connectivity index (χ0n) is 13.2. The zero-order valence-corrected chi connectivity index (χ0v) is 13.2. The molecule has 5 nitrogen and oxygen atoms in total. The van der Waals surface area contributed by atoms with Gasteiger partial charge in [-0.25, -0.2) is 0 Å². The van der Waals surface area contributed by atoms with Gasteiger partial charge < -0.3 is 20.0 Å². The minimum absolute atomic E-state index is 0.0523. The maximum Gasteiger partial charge on any atom is 0.228 e. The van der Waals surface area contributed by atoms with Gasteiger partial charge in [0.2, 0.25) is 5.91 Å². The molecular formula is C19H17N3O2. The molecule has 24 heavy (non-hydrogen) atoms. The van der Waals surface area contributed by atoms with Gasteiger partial charge in [0.25, 0.3) is 0 Å². The number of para-hydroxylation sites is 1. The van der Waals surface area contributed by atoms with Crippen LogP contribution in [0.1, 0.15) is 5.56 Å². The highest BCUT2D eigenvalue weighted by molar-refractivity contribution is 6.03. The average molecular weight is 319 g/mol. The Morgan fingerprint density at radius 2 is 1.83 bits per heavy atom. The second-order valence-electron chi connectivity index (χ2n) is 5.70. The number of rotatable bonds is 4. The summed E-state index contributed by atoms with van der Waals surface area (Å²) in [5.74, 6) is 0.706. The van der Waals surface area contributed by atoms with Crippen molar-refractivity contribution < 1.29 is 9.53 Å². The molecule has 0 aliphatic carbocycles. The summed E-state index contributed by atoms with van der Waals surface area (Å²) in [6.45, 7) is 0. The fourth-order valence-electron chi connectivity index (χ4n) is 2.98. The number of hydrogen-bond donors (Lipinski definition) is 3. The number of amides is 1. The van der Waals surface area contributed by atoms with E-state index in [1.807, 2.05) is 48.7 Å². The van der Waals surface area contributed by atoms with Gasteiger partial charge in [0.1, 0.15) is 5.75 Å². The number of ether oxygens (including phenoxy) is 1. The second kappa shape index (κ2) is 5.77. The van der Waals surface area contributed by atoms with E-state index in [9.17, 15) is 4.79 Å². The third-order valence-electron chi connectivity index (χ3n) is 4.19. The van der Waals surface area contributed by atoms with Gasteiger partial charge in [-0.3, -0.25) is 4.79 Å². The van der Waals surface area contributed by atoms with Crippen molar-refractivity contribution >= 4 is 33.4 Å². The van der Waals surface area contributed by atoms with Crippen LogP contribution < -0.4 is 10.1 Å². The molecule has 2 heterocycles. The summed E-state index contributed by atoms with van der Waals surface area (Å²) < 4.78 is 5.25. The van der Waals surface area contributed by atoms with Crippen molar-refractivity contribution in [2.75, 3.05) is 12.4 Å². The van der Waals surface area contributed by atoms with Crippen LogP contribution in [0.2, 0.25) is 0 Å². The van der Waals surface area contributed by atoms with Crippen LogP contribution in [0.3, 0.4) is 0 Å². The third-order valence-corrected chi connectivity index (χ3v) is 4.19. The van der Waals surface area contributed by atoms with Crippen molar-refractivity contribution in [2.45, 2.75) is 6.42 Å². The van der Waals surface area contributed by atoms with E-state index in [1.165, 1.54) is 0 Å². The summed E-state index contributed by atoms with van der Waals surface area (Å²) >= 11 is 0. The number of hydrogen-bond acceptors (Lipinski definition) is 2. The maximum absolute atomic E-state index is 12.4. The Hall–Kier alpha value is -3.21. The first kappa shape index (κ1) is 14.4. The number of aromatic amines is 2. The van der Waals surface area contributed by atoms with Gasteiger partial charge in [-0.05, 0) is 29.8 Å². The standard InChI is InChI=1S/C19H17N3O2/c1-24-13-6-7-17-15(9-13)18(11-21-17)22-19(23)8-12-10-20-16-5-3-2-4-14(12)16/h2-7,9-11,20-21H,8H2,1H3,(H,22,23). The summed E-state index contributed by atoms with van der Waals surface area (Å²) in [4.78, 5) is 18.8. The Morgan fingerprint density at radius 1 is 1.04 bits per heavy atom. The highest BCUT2D eigenvalue weighted by Gasteiger charge is 2.11. The van der Waals surface area contributed by atoms with Gasteiger partial charge in [0.05, 0.1) is 19.2 Å². The predicted octanol–water partition coefficient (Wildman–Crippen LogP) is 3.84. The molecule has 0 bridgehead atoms. The molecule has 0 aliphatic rings. The van der Waals surface area contributed by atoms with Gasteiger partial charge in [0.15, 0.2) is 0 Å². The zero-order chi connectivity index (χ0) is 16.5. The smallest absolute Gasteiger partial charge is 0.228 e. The van der Waals surface area contributed by atoms with E-state index < -0.39 is 0 Å². The van der Waals surface area contributed by atoms with Crippen molar-refractivity contribution in [2.24, 2.45) is 0 Å². The molecule has 2 aromatic heterocycles. The van der Waals surface area contributed by atoms with Crippen LogP contribution in [-0.4, -0.2) is 23.0 Å².